The van der Waals surface area contributed by atoms with E-state index < -0.39 is 0 Å². The van der Waals surface area contributed by atoms with Gasteiger partial charge in [0.2, 0.25) is 0 Å². The molecule has 1 atom stereocenters. The smallest absolute Gasteiger partial charge is 0.00954 e. The fourth-order valence-corrected chi connectivity index (χ4v) is 3.29. The maximum Gasteiger partial charge on any atom is 0.00954 e. The summed E-state index contributed by atoms with van der Waals surface area (Å²) in [6.45, 7) is 6.78. The summed E-state index contributed by atoms with van der Waals surface area (Å²) in [6, 6.07) is 13.4. The summed E-state index contributed by atoms with van der Waals surface area (Å²) >= 11 is 0. The minimum atomic E-state index is 0.610. The van der Waals surface area contributed by atoms with E-state index in [1.54, 1.807) is 11.1 Å². The number of benzene rings is 2. The number of rotatable bonds is 1. The van der Waals surface area contributed by atoms with Gasteiger partial charge in [0.15, 0.2) is 0 Å². The minimum absolute atomic E-state index is 0.610. The van der Waals surface area contributed by atoms with Crippen molar-refractivity contribution in [2.24, 2.45) is 0 Å². The molecular weight excluding hydrogens is 216 g/mol. The first-order chi connectivity index (χ1) is 8.68. The molecule has 0 heteroatoms. The molecule has 2 aromatic rings. The fraction of sp³-hybridized carbons (Fsp3) is 0.333. The van der Waals surface area contributed by atoms with Crippen LogP contribution in [0.15, 0.2) is 36.4 Å². The lowest BCUT2D eigenvalue weighted by atomic mass is 9.89. The van der Waals surface area contributed by atoms with Gasteiger partial charge in [-0.1, -0.05) is 36.4 Å². The van der Waals surface area contributed by atoms with Crippen molar-refractivity contribution in [3.8, 4) is 0 Å². The van der Waals surface area contributed by atoms with Gasteiger partial charge in [-0.2, -0.15) is 0 Å². The predicted octanol–water partition coefficient (Wildman–Crippen LogP) is 4.69. The van der Waals surface area contributed by atoms with E-state index in [0.717, 1.165) is 0 Å². The van der Waals surface area contributed by atoms with Gasteiger partial charge in [0.1, 0.15) is 0 Å². The molecule has 2 aromatic carbocycles. The van der Waals surface area contributed by atoms with Gasteiger partial charge in [-0.3, -0.25) is 0 Å². The first-order valence-corrected chi connectivity index (χ1v) is 6.83. The zero-order valence-electron chi connectivity index (χ0n) is 11.5. The first kappa shape index (κ1) is 11.5. The second-order valence-electron chi connectivity index (χ2n) is 5.51. The molecule has 92 valence electrons. The zero-order chi connectivity index (χ0) is 12.7. The zero-order valence-corrected chi connectivity index (χ0v) is 11.5. The lowest BCUT2D eigenvalue weighted by molar-refractivity contribution is 0.787. The van der Waals surface area contributed by atoms with Crippen LogP contribution in [0.4, 0.5) is 0 Å². The van der Waals surface area contributed by atoms with Crippen LogP contribution in [0.3, 0.4) is 0 Å². The summed E-state index contributed by atoms with van der Waals surface area (Å²) in [5.74, 6) is 0.610. The largest absolute Gasteiger partial charge is 0.0622 e. The Morgan fingerprint density at radius 1 is 0.944 bits per heavy atom. The Balaban J connectivity index is 2.13. The topological polar surface area (TPSA) is 0 Å². The summed E-state index contributed by atoms with van der Waals surface area (Å²) in [4.78, 5) is 0. The molecule has 0 heterocycles. The Hall–Kier alpha value is -1.56. The Morgan fingerprint density at radius 2 is 1.67 bits per heavy atom. The molecule has 0 nitrogen and oxygen atoms in total. The van der Waals surface area contributed by atoms with Crippen molar-refractivity contribution in [1.29, 1.82) is 0 Å². The van der Waals surface area contributed by atoms with E-state index in [-0.39, 0.29) is 0 Å². The molecule has 0 saturated carbocycles. The summed E-state index contributed by atoms with van der Waals surface area (Å²) < 4.78 is 0. The minimum Gasteiger partial charge on any atom is -0.0622 e. The highest BCUT2D eigenvalue weighted by atomic mass is 14.3. The summed E-state index contributed by atoms with van der Waals surface area (Å²) in [6.07, 6.45) is 2.50. The van der Waals surface area contributed by atoms with Gasteiger partial charge < -0.3 is 0 Å². The van der Waals surface area contributed by atoms with Crippen molar-refractivity contribution >= 4 is 0 Å². The van der Waals surface area contributed by atoms with Crippen LogP contribution in [0.5, 0.6) is 0 Å². The lowest BCUT2D eigenvalue weighted by Crippen LogP contribution is -1.99. The normalized spacial score (nSPS) is 17.8. The van der Waals surface area contributed by atoms with Crippen LogP contribution in [0.25, 0.3) is 0 Å². The number of hydrogen-bond acceptors (Lipinski definition) is 0. The van der Waals surface area contributed by atoms with Crippen LogP contribution < -0.4 is 0 Å². The van der Waals surface area contributed by atoms with Crippen molar-refractivity contribution in [2.75, 3.05) is 0 Å². The highest BCUT2D eigenvalue weighted by Gasteiger charge is 2.26. The Labute approximate surface area is 110 Å². The third kappa shape index (κ3) is 1.68. The molecule has 0 amide bonds. The SMILES string of the molecule is Cc1cc2c(c(C)c1C)CCC2c1ccccc1. The average molecular weight is 236 g/mol. The molecule has 0 aromatic heterocycles. The highest BCUT2D eigenvalue weighted by Crippen LogP contribution is 2.41. The van der Waals surface area contributed by atoms with Crippen molar-refractivity contribution in [2.45, 2.75) is 39.5 Å². The van der Waals surface area contributed by atoms with E-state index in [0.29, 0.717) is 5.92 Å². The summed E-state index contributed by atoms with van der Waals surface area (Å²) in [5.41, 5.74) is 9.08. The Bertz CT molecular complexity index is 579. The molecule has 0 saturated heterocycles. The van der Waals surface area contributed by atoms with Crippen LogP contribution in [0, 0.1) is 20.8 Å². The molecule has 18 heavy (non-hydrogen) atoms. The number of fused-ring (bicyclic) bond motifs is 1. The first-order valence-electron chi connectivity index (χ1n) is 6.83. The molecule has 3 rings (SSSR count). The van der Waals surface area contributed by atoms with Crippen LogP contribution >= 0.6 is 0 Å². The van der Waals surface area contributed by atoms with Gasteiger partial charge in [-0.15, -0.1) is 0 Å². The number of hydrogen-bond donors (Lipinski definition) is 0. The molecule has 1 aliphatic carbocycles. The van der Waals surface area contributed by atoms with E-state index in [9.17, 15) is 0 Å². The molecule has 0 fully saturated rings. The van der Waals surface area contributed by atoms with E-state index in [4.69, 9.17) is 0 Å². The fourth-order valence-electron chi connectivity index (χ4n) is 3.29. The second kappa shape index (κ2) is 4.28. The Morgan fingerprint density at radius 3 is 2.39 bits per heavy atom. The van der Waals surface area contributed by atoms with Crippen molar-refractivity contribution in [1.82, 2.24) is 0 Å². The van der Waals surface area contributed by atoms with Crippen LogP contribution in [-0.4, -0.2) is 0 Å². The van der Waals surface area contributed by atoms with Gasteiger partial charge in [0.25, 0.3) is 0 Å². The number of aryl methyl sites for hydroxylation is 1. The van der Waals surface area contributed by atoms with Gasteiger partial charge >= 0.3 is 0 Å². The van der Waals surface area contributed by atoms with Crippen LogP contribution in [0.1, 0.15) is 45.7 Å². The molecule has 0 N–H and O–H groups in total. The third-order valence-corrected chi connectivity index (χ3v) is 4.59. The maximum absolute atomic E-state index is 2.42. The van der Waals surface area contributed by atoms with E-state index in [1.807, 2.05) is 0 Å². The molecule has 0 radical (unpaired) electrons. The van der Waals surface area contributed by atoms with Crippen molar-refractivity contribution < 1.29 is 0 Å². The monoisotopic (exact) mass is 236 g/mol. The van der Waals surface area contributed by atoms with Crippen LogP contribution in [-0.2, 0) is 6.42 Å². The van der Waals surface area contributed by atoms with Crippen LogP contribution in [0.2, 0.25) is 0 Å². The van der Waals surface area contributed by atoms with E-state index in [1.165, 1.54) is 35.1 Å². The van der Waals surface area contributed by atoms with Gasteiger partial charge in [0, 0.05) is 5.92 Å². The summed E-state index contributed by atoms with van der Waals surface area (Å²) in [7, 11) is 0. The molecule has 0 bridgehead atoms. The third-order valence-electron chi connectivity index (χ3n) is 4.59. The van der Waals surface area contributed by atoms with Gasteiger partial charge in [0.05, 0.1) is 0 Å². The maximum atomic E-state index is 2.42. The van der Waals surface area contributed by atoms with E-state index in [2.05, 4.69) is 57.2 Å². The molecule has 1 unspecified atom stereocenters. The van der Waals surface area contributed by atoms with Gasteiger partial charge in [-0.25, -0.2) is 0 Å². The molecule has 1 aliphatic rings. The van der Waals surface area contributed by atoms with Crippen molar-refractivity contribution in [3.05, 3.63) is 69.8 Å². The quantitative estimate of drug-likeness (QED) is 0.674. The highest BCUT2D eigenvalue weighted by molar-refractivity contribution is 5.51. The standard InChI is InChI=1S/C18H20/c1-12-11-18-16(14(3)13(12)2)9-10-17(18)15-7-5-4-6-8-15/h4-8,11,17H,9-10H2,1-3H3. The lowest BCUT2D eigenvalue weighted by Gasteiger charge is -2.16. The van der Waals surface area contributed by atoms with Gasteiger partial charge in [-0.05, 0) is 67.0 Å². The van der Waals surface area contributed by atoms with E-state index >= 15 is 0 Å². The average Bonchev–Trinajstić information content (AvgIpc) is 2.81. The van der Waals surface area contributed by atoms with Crippen molar-refractivity contribution in [3.63, 3.8) is 0 Å². The summed E-state index contributed by atoms with van der Waals surface area (Å²) in [5, 5.41) is 0. The molecule has 0 aliphatic heterocycles. The predicted molar refractivity (Wildman–Crippen MR) is 77.3 cm³/mol. The molecule has 0 spiro atoms. The molecular formula is C18H20. The second-order valence-corrected chi connectivity index (χ2v) is 5.51. The Kier molecular flexibility index (Phi) is 2.74.